The van der Waals surface area contributed by atoms with Crippen LogP contribution in [0.15, 0.2) is 30.3 Å². The van der Waals surface area contributed by atoms with Crippen LogP contribution in [-0.4, -0.2) is 50.5 Å². The quantitative estimate of drug-likeness (QED) is 0.474. The van der Waals surface area contributed by atoms with Crippen molar-refractivity contribution >= 4 is 29.1 Å². The monoisotopic (exact) mass is 412 g/mol. The lowest BCUT2D eigenvalue weighted by molar-refractivity contribution is -0.122. The van der Waals surface area contributed by atoms with Crippen molar-refractivity contribution in [2.45, 2.75) is 32.7 Å². The molecule has 5 N–H and O–H groups in total. The number of anilines is 3. The molecule has 0 aliphatic heterocycles. The van der Waals surface area contributed by atoms with Gasteiger partial charge in [0, 0.05) is 26.3 Å². The molecule has 162 valence electrons. The van der Waals surface area contributed by atoms with Crippen molar-refractivity contribution in [3.05, 3.63) is 47.0 Å². The predicted molar refractivity (Wildman–Crippen MR) is 121 cm³/mol. The third-order valence-corrected chi connectivity index (χ3v) is 4.88. The van der Waals surface area contributed by atoms with Gasteiger partial charge in [-0.15, -0.1) is 0 Å². The minimum atomic E-state index is -0.525. The first-order chi connectivity index (χ1) is 14.3. The molecule has 2 aromatic rings. The van der Waals surface area contributed by atoms with Crippen molar-refractivity contribution in [3.8, 4) is 0 Å². The van der Waals surface area contributed by atoms with Gasteiger partial charge in [0.1, 0.15) is 11.6 Å². The van der Waals surface area contributed by atoms with Crippen LogP contribution in [0.5, 0.6) is 0 Å². The Bertz CT molecular complexity index is 897. The minimum absolute atomic E-state index is 0.0330. The van der Waals surface area contributed by atoms with Crippen LogP contribution in [0.3, 0.4) is 0 Å². The number of benzene rings is 1. The highest BCUT2D eigenvalue weighted by molar-refractivity contribution is 5.99. The molecule has 0 saturated heterocycles. The second kappa shape index (κ2) is 10.6. The molecule has 0 aliphatic carbocycles. The van der Waals surface area contributed by atoms with E-state index in [0.717, 1.165) is 29.1 Å². The van der Waals surface area contributed by atoms with E-state index in [2.05, 4.69) is 20.9 Å². The SMILES string of the molecule is CCc1cc(C(N)=O)c(Nc2cccc(CCNC(=O)C(C)NC)c2)nc1N(C)C. The highest BCUT2D eigenvalue weighted by Gasteiger charge is 2.16. The van der Waals surface area contributed by atoms with Crippen LogP contribution in [0.2, 0.25) is 0 Å². The highest BCUT2D eigenvalue weighted by atomic mass is 16.2. The smallest absolute Gasteiger partial charge is 0.252 e. The molecule has 1 aromatic carbocycles. The Hall–Kier alpha value is -3.13. The fourth-order valence-electron chi connectivity index (χ4n) is 3.03. The topological polar surface area (TPSA) is 112 Å². The maximum atomic E-state index is 12.0. The zero-order chi connectivity index (χ0) is 22.3. The Morgan fingerprint density at radius 1 is 1.23 bits per heavy atom. The molecule has 1 unspecified atom stereocenters. The number of hydrogen-bond donors (Lipinski definition) is 4. The molecule has 1 heterocycles. The van der Waals surface area contributed by atoms with E-state index in [4.69, 9.17) is 5.73 Å². The number of primary amides is 1. The van der Waals surface area contributed by atoms with Crippen molar-refractivity contribution in [2.24, 2.45) is 5.73 Å². The van der Waals surface area contributed by atoms with Crippen LogP contribution in [0, 0.1) is 0 Å². The van der Waals surface area contributed by atoms with Gasteiger partial charge in [-0.1, -0.05) is 19.1 Å². The third-order valence-electron chi connectivity index (χ3n) is 4.88. The number of nitrogens with one attached hydrogen (secondary N) is 3. The van der Waals surface area contributed by atoms with Gasteiger partial charge in [-0.2, -0.15) is 0 Å². The number of aryl methyl sites for hydroxylation is 1. The number of hydrogen-bond acceptors (Lipinski definition) is 6. The van der Waals surface area contributed by atoms with Crippen LogP contribution in [0.25, 0.3) is 0 Å². The molecule has 2 rings (SSSR count). The molecule has 2 amide bonds. The van der Waals surface area contributed by atoms with E-state index in [0.29, 0.717) is 24.3 Å². The highest BCUT2D eigenvalue weighted by Crippen LogP contribution is 2.26. The lowest BCUT2D eigenvalue weighted by Gasteiger charge is -2.19. The average Bonchev–Trinajstić information content (AvgIpc) is 2.72. The van der Waals surface area contributed by atoms with Gasteiger partial charge in [0.2, 0.25) is 5.91 Å². The molecule has 0 saturated carbocycles. The molecule has 0 aliphatic rings. The summed E-state index contributed by atoms with van der Waals surface area (Å²) in [7, 11) is 5.58. The Labute approximate surface area is 178 Å². The van der Waals surface area contributed by atoms with Gasteiger partial charge in [-0.3, -0.25) is 9.59 Å². The summed E-state index contributed by atoms with van der Waals surface area (Å²) in [6, 6.07) is 9.37. The summed E-state index contributed by atoms with van der Waals surface area (Å²) in [5.41, 5.74) is 8.76. The number of pyridine rings is 1. The van der Waals surface area contributed by atoms with Crippen molar-refractivity contribution in [1.82, 2.24) is 15.6 Å². The van der Waals surface area contributed by atoms with E-state index in [1.807, 2.05) is 57.1 Å². The molecule has 0 bridgehead atoms. The summed E-state index contributed by atoms with van der Waals surface area (Å²) in [5.74, 6) is 0.663. The van der Waals surface area contributed by atoms with Crippen LogP contribution in [0.4, 0.5) is 17.3 Å². The first kappa shape index (κ1) is 23.2. The van der Waals surface area contributed by atoms with Crippen LogP contribution >= 0.6 is 0 Å². The van der Waals surface area contributed by atoms with Gasteiger partial charge in [-0.05, 0) is 56.1 Å². The Morgan fingerprint density at radius 2 is 1.97 bits per heavy atom. The van der Waals surface area contributed by atoms with Crippen molar-refractivity contribution in [3.63, 3.8) is 0 Å². The van der Waals surface area contributed by atoms with E-state index < -0.39 is 5.91 Å². The van der Waals surface area contributed by atoms with Crippen LogP contribution < -0.4 is 26.6 Å². The zero-order valence-electron chi connectivity index (χ0n) is 18.4. The summed E-state index contributed by atoms with van der Waals surface area (Å²) >= 11 is 0. The van der Waals surface area contributed by atoms with Gasteiger partial charge in [0.05, 0.1) is 11.6 Å². The number of nitrogens with two attached hydrogens (primary N) is 1. The number of rotatable bonds is 10. The molecule has 1 aromatic heterocycles. The Morgan fingerprint density at radius 3 is 2.57 bits per heavy atom. The molecule has 0 spiro atoms. The van der Waals surface area contributed by atoms with Gasteiger partial charge in [0.25, 0.3) is 5.91 Å². The van der Waals surface area contributed by atoms with Gasteiger partial charge in [-0.25, -0.2) is 4.98 Å². The number of nitrogens with zero attached hydrogens (tertiary/aromatic N) is 2. The second-order valence-corrected chi connectivity index (χ2v) is 7.36. The van der Waals surface area contributed by atoms with Crippen LogP contribution in [-0.2, 0) is 17.6 Å². The van der Waals surface area contributed by atoms with Gasteiger partial charge < -0.3 is 26.6 Å². The first-order valence-corrected chi connectivity index (χ1v) is 10.1. The average molecular weight is 413 g/mol. The summed E-state index contributed by atoms with van der Waals surface area (Å²) in [4.78, 5) is 30.4. The van der Waals surface area contributed by atoms with Crippen molar-refractivity contribution < 1.29 is 9.59 Å². The van der Waals surface area contributed by atoms with E-state index in [1.54, 1.807) is 13.1 Å². The van der Waals surface area contributed by atoms with Gasteiger partial charge >= 0.3 is 0 Å². The summed E-state index contributed by atoms with van der Waals surface area (Å²) in [6.07, 6.45) is 1.43. The molecular weight excluding hydrogens is 380 g/mol. The summed E-state index contributed by atoms with van der Waals surface area (Å²) in [5, 5.41) is 9.05. The molecule has 0 radical (unpaired) electrons. The molecule has 8 heteroatoms. The van der Waals surface area contributed by atoms with Crippen molar-refractivity contribution in [1.29, 1.82) is 0 Å². The Kier molecular flexibility index (Phi) is 8.17. The zero-order valence-corrected chi connectivity index (χ0v) is 18.4. The molecule has 8 nitrogen and oxygen atoms in total. The number of amides is 2. The number of carbonyl (C=O) groups is 2. The molecule has 0 fully saturated rings. The number of likely N-dealkylation sites (N-methyl/N-ethyl adjacent to an activating group) is 1. The fourth-order valence-corrected chi connectivity index (χ4v) is 3.03. The minimum Gasteiger partial charge on any atom is -0.365 e. The molecule has 30 heavy (non-hydrogen) atoms. The maximum Gasteiger partial charge on any atom is 0.252 e. The maximum absolute atomic E-state index is 12.0. The standard InChI is InChI=1S/C22H32N6O2/c1-6-16-13-18(19(23)29)20(27-21(16)28(4)5)26-17-9-7-8-15(12-17)10-11-25-22(30)14(2)24-3/h7-9,12-14,24H,6,10-11H2,1-5H3,(H2,23,29)(H,25,30)(H,26,27). The summed E-state index contributed by atoms with van der Waals surface area (Å²) in [6.45, 7) is 4.37. The van der Waals surface area contributed by atoms with E-state index in [-0.39, 0.29) is 11.9 Å². The van der Waals surface area contributed by atoms with E-state index >= 15 is 0 Å². The number of aromatic nitrogens is 1. The second-order valence-electron chi connectivity index (χ2n) is 7.36. The lowest BCUT2D eigenvalue weighted by atomic mass is 10.1. The lowest BCUT2D eigenvalue weighted by Crippen LogP contribution is -2.41. The first-order valence-electron chi connectivity index (χ1n) is 10.1. The summed E-state index contributed by atoms with van der Waals surface area (Å²) < 4.78 is 0. The normalized spacial score (nSPS) is 11.6. The van der Waals surface area contributed by atoms with E-state index in [9.17, 15) is 9.59 Å². The van der Waals surface area contributed by atoms with E-state index in [1.165, 1.54) is 0 Å². The largest absolute Gasteiger partial charge is 0.365 e. The van der Waals surface area contributed by atoms with Gasteiger partial charge in [0.15, 0.2) is 0 Å². The fraction of sp³-hybridized carbons (Fsp3) is 0.409. The molecular formula is C22H32N6O2. The number of carbonyl (C=O) groups excluding carboxylic acids is 2. The van der Waals surface area contributed by atoms with Crippen LogP contribution in [0.1, 0.15) is 35.3 Å². The predicted octanol–water partition coefficient (Wildman–Crippen LogP) is 1.82. The molecule has 1 atom stereocenters. The Balaban J connectivity index is 2.20. The third kappa shape index (κ3) is 5.93. The van der Waals surface area contributed by atoms with Crippen molar-refractivity contribution in [2.75, 3.05) is 37.9 Å².